The summed E-state index contributed by atoms with van der Waals surface area (Å²) in [4.78, 5) is 2.32. The third-order valence-corrected chi connectivity index (χ3v) is 12.1. The Labute approximate surface area is 337 Å². The number of para-hydroxylation sites is 2. The van der Waals surface area contributed by atoms with Crippen LogP contribution in [-0.2, 0) is 5.41 Å². The smallest absolute Gasteiger partial charge is 0.178 e. The van der Waals surface area contributed by atoms with Crippen LogP contribution in [0.4, 0.5) is 17.1 Å². The second-order valence-corrected chi connectivity index (χ2v) is 15.2. The van der Waals surface area contributed by atoms with Gasteiger partial charge in [0.15, 0.2) is 23.0 Å². The van der Waals surface area contributed by atoms with E-state index in [-0.39, 0.29) is 0 Å². The number of fused-ring (bicyclic) bond motifs is 13. The monoisotopic (exact) mass is 741 g/mol. The molecule has 0 unspecified atom stereocenters. The molecule has 0 amide bonds. The minimum absolute atomic E-state index is 0.467. The van der Waals surface area contributed by atoms with E-state index < -0.39 is 5.41 Å². The highest BCUT2D eigenvalue weighted by molar-refractivity contribution is 5.98. The van der Waals surface area contributed by atoms with Crippen molar-refractivity contribution in [1.29, 1.82) is 0 Å². The largest absolute Gasteiger partial charge is 0.449 e. The fourth-order valence-corrected chi connectivity index (χ4v) is 9.76. The summed E-state index contributed by atoms with van der Waals surface area (Å²) >= 11 is 0. The molecule has 0 fully saturated rings. The third-order valence-electron chi connectivity index (χ3n) is 12.1. The maximum absolute atomic E-state index is 7.15. The predicted molar refractivity (Wildman–Crippen MR) is 235 cm³/mol. The summed E-state index contributed by atoms with van der Waals surface area (Å²) in [5.74, 6) is 2.82. The van der Waals surface area contributed by atoms with Gasteiger partial charge in [-0.1, -0.05) is 164 Å². The molecule has 3 nitrogen and oxygen atoms in total. The maximum Gasteiger partial charge on any atom is 0.178 e. The average Bonchev–Trinajstić information content (AvgIpc) is 3.77. The highest BCUT2D eigenvalue weighted by Crippen LogP contribution is 2.66. The molecule has 0 radical (unpaired) electrons. The zero-order chi connectivity index (χ0) is 38.2. The van der Waals surface area contributed by atoms with E-state index in [9.17, 15) is 0 Å². The van der Waals surface area contributed by atoms with Gasteiger partial charge < -0.3 is 14.4 Å². The van der Waals surface area contributed by atoms with Gasteiger partial charge in [0.25, 0.3) is 0 Å². The van der Waals surface area contributed by atoms with Crippen molar-refractivity contribution < 1.29 is 9.47 Å². The molecule has 0 saturated heterocycles. The molecule has 0 N–H and O–H groups in total. The SMILES string of the molecule is c1ccc(-c2cccc(-c3ccccc3N(c3ccccc3)c3ccc4c(c3)Oc3c(ccc5c3-c3ccccc3C53c5ccccc5-c5ccccc53)O4)c2)cc1. The zero-order valence-corrected chi connectivity index (χ0v) is 31.5. The van der Waals surface area contributed by atoms with Crippen LogP contribution in [-0.4, -0.2) is 0 Å². The Morgan fingerprint density at radius 1 is 0.328 bits per heavy atom. The highest BCUT2D eigenvalue weighted by atomic mass is 16.6. The number of hydrogen-bond acceptors (Lipinski definition) is 3. The number of nitrogens with zero attached hydrogens (tertiary/aromatic N) is 1. The molecular weight excluding hydrogens is 707 g/mol. The Morgan fingerprint density at radius 3 is 1.64 bits per heavy atom. The van der Waals surface area contributed by atoms with E-state index in [0.717, 1.165) is 39.5 Å². The van der Waals surface area contributed by atoms with Crippen molar-refractivity contribution in [3.8, 4) is 67.5 Å². The first-order valence-electron chi connectivity index (χ1n) is 19.8. The lowest BCUT2D eigenvalue weighted by Gasteiger charge is -2.31. The molecular formula is C55H35NO2. The van der Waals surface area contributed by atoms with Gasteiger partial charge in [0, 0.05) is 22.9 Å². The highest BCUT2D eigenvalue weighted by Gasteiger charge is 2.53. The van der Waals surface area contributed by atoms with Crippen LogP contribution in [0.5, 0.6) is 23.0 Å². The van der Waals surface area contributed by atoms with Gasteiger partial charge in [-0.15, -0.1) is 0 Å². The molecule has 3 heteroatoms. The van der Waals surface area contributed by atoms with Gasteiger partial charge >= 0.3 is 0 Å². The fraction of sp³-hybridized carbons (Fsp3) is 0.0182. The quantitative estimate of drug-likeness (QED) is 0.175. The summed E-state index contributed by atoms with van der Waals surface area (Å²) in [6.07, 6.45) is 0. The van der Waals surface area contributed by atoms with Gasteiger partial charge in [-0.25, -0.2) is 0 Å². The summed E-state index contributed by atoms with van der Waals surface area (Å²) in [7, 11) is 0. The minimum atomic E-state index is -0.467. The van der Waals surface area contributed by atoms with Gasteiger partial charge in [-0.05, 0) is 98.1 Å². The van der Waals surface area contributed by atoms with E-state index in [0.29, 0.717) is 17.2 Å². The van der Waals surface area contributed by atoms with Crippen LogP contribution >= 0.6 is 0 Å². The Hall–Kier alpha value is -7.62. The molecule has 0 atom stereocenters. The Kier molecular flexibility index (Phi) is 7.14. The molecule has 1 heterocycles. The molecule has 0 bridgehead atoms. The van der Waals surface area contributed by atoms with E-state index >= 15 is 0 Å². The maximum atomic E-state index is 7.15. The lowest BCUT2D eigenvalue weighted by atomic mass is 9.70. The fourth-order valence-electron chi connectivity index (χ4n) is 9.76. The number of ether oxygens (including phenoxy) is 2. The summed E-state index contributed by atoms with van der Waals surface area (Å²) in [5.41, 5.74) is 17.1. The Morgan fingerprint density at radius 2 is 0.897 bits per heavy atom. The molecule has 272 valence electrons. The van der Waals surface area contributed by atoms with Crippen LogP contribution in [0.1, 0.15) is 22.3 Å². The number of rotatable bonds is 5. The molecule has 9 aromatic carbocycles. The summed E-state index contributed by atoms with van der Waals surface area (Å²) in [6, 6.07) is 75.8. The van der Waals surface area contributed by atoms with Gasteiger partial charge in [0.2, 0.25) is 0 Å². The van der Waals surface area contributed by atoms with Gasteiger partial charge in [-0.2, -0.15) is 0 Å². The van der Waals surface area contributed by atoms with Crippen LogP contribution in [0.2, 0.25) is 0 Å². The van der Waals surface area contributed by atoms with Crippen LogP contribution in [0.3, 0.4) is 0 Å². The normalized spacial score (nSPS) is 13.2. The first-order valence-corrected chi connectivity index (χ1v) is 19.8. The van der Waals surface area contributed by atoms with E-state index in [1.165, 1.54) is 50.1 Å². The van der Waals surface area contributed by atoms with Crippen LogP contribution in [0, 0.1) is 0 Å². The first kappa shape index (κ1) is 32.6. The molecule has 9 aromatic rings. The second kappa shape index (κ2) is 12.7. The van der Waals surface area contributed by atoms with E-state index in [2.05, 4.69) is 211 Å². The Bertz CT molecular complexity index is 3030. The third kappa shape index (κ3) is 4.68. The van der Waals surface area contributed by atoms with Crippen molar-refractivity contribution in [3.63, 3.8) is 0 Å². The van der Waals surface area contributed by atoms with Gasteiger partial charge in [-0.3, -0.25) is 0 Å². The van der Waals surface area contributed by atoms with Crippen molar-refractivity contribution in [2.24, 2.45) is 0 Å². The predicted octanol–water partition coefficient (Wildman–Crippen LogP) is 14.7. The van der Waals surface area contributed by atoms with Crippen LogP contribution < -0.4 is 14.4 Å². The summed E-state index contributed by atoms with van der Waals surface area (Å²) in [5, 5.41) is 0. The molecule has 0 saturated carbocycles. The second-order valence-electron chi connectivity index (χ2n) is 15.2. The molecule has 12 rings (SSSR count). The van der Waals surface area contributed by atoms with Crippen molar-refractivity contribution in [2.75, 3.05) is 4.90 Å². The Balaban J connectivity index is 1.01. The molecule has 1 spiro atoms. The number of hydrogen-bond donors (Lipinski definition) is 0. The number of anilines is 3. The summed E-state index contributed by atoms with van der Waals surface area (Å²) < 4.78 is 13.9. The topological polar surface area (TPSA) is 21.7 Å². The van der Waals surface area contributed by atoms with E-state index in [1.54, 1.807) is 0 Å². The molecule has 2 aliphatic carbocycles. The molecule has 1 aliphatic heterocycles. The molecule has 0 aromatic heterocycles. The van der Waals surface area contributed by atoms with E-state index in [1.807, 2.05) is 6.07 Å². The first-order chi connectivity index (χ1) is 28.8. The molecule has 3 aliphatic rings. The van der Waals surface area contributed by atoms with Crippen molar-refractivity contribution in [1.82, 2.24) is 0 Å². The summed E-state index contributed by atoms with van der Waals surface area (Å²) in [6.45, 7) is 0. The molecule has 58 heavy (non-hydrogen) atoms. The standard InChI is InChI=1S/C55H35NO2/c1-3-16-36(17-4-1)37-18-15-19-38(34-37)41-22-10-14-29-49(41)56(39-20-5-2-6-21-39)40-30-32-50-52(35-40)58-54-51(57-50)33-31-48-53(54)44-25-9-13-28-47(44)55(48)45-26-11-7-23-42(45)43-24-8-12-27-46(43)55/h1-35H. The van der Waals surface area contributed by atoms with Crippen molar-refractivity contribution >= 4 is 17.1 Å². The minimum Gasteiger partial charge on any atom is -0.449 e. The van der Waals surface area contributed by atoms with Crippen molar-refractivity contribution in [2.45, 2.75) is 5.41 Å². The average molecular weight is 742 g/mol. The van der Waals surface area contributed by atoms with Crippen LogP contribution in [0.15, 0.2) is 212 Å². The lowest BCUT2D eigenvalue weighted by molar-refractivity contribution is 0.360. The van der Waals surface area contributed by atoms with Gasteiger partial charge in [0.1, 0.15) is 0 Å². The number of benzene rings is 9. The lowest BCUT2D eigenvalue weighted by Crippen LogP contribution is -2.25. The zero-order valence-electron chi connectivity index (χ0n) is 31.5. The van der Waals surface area contributed by atoms with Crippen LogP contribution in [0.25, 0.3) is 44.5 Å². The van der Waals surface area contributed by atoms with E-state index in [4.69, 9.17) is 9.47 Å². The van der Waals surface area contributed by atoms with Crippen molar-refractivity contribution in [3.05, 3.63) is 235 Å². The van der Waals surface area contributed by atoms with Gasteiger partial charge in [0.05, 0.1) is 16.8 Å².